The molecule has 0 spiro atoms. The highest BCUT2D eigenvalue weighted by Gasteiger charge is 2.24. The number of anilines is 1. The van der Waals surface area contributed by atoms with Crippen molar-refractivity contribution in [3.05, 3.63) is 59.7 Å². The van der Waals surface area contributed by atoms with Crippen LogP contribution in [0.25, 0.3) is 0 Å². The van der Waals surface area contributed by atoms with Crippen LogP contribution in [0.4, 0.5) is 5.69 Å². The van der Waals surface area contributed by atoms with Crippen molar-refractivity contribution in [2.75, 3.05) is 4.90 Å². The molecule has 1 aliphatic rings. The van der Waals surface area contributed by atoms with Crippen LogP contribution in [0.15, 0.2) is 57.8 Å². The number of hydrogen-bond donors (Lipinski definition) is 0. The first-order chi connectivity index (χ1) is 10.8. The van der Waals surface area contributed by atoms with E-state index in [2.05, 4.69) is 49.4 Å². The van der Waals surface area contributed by atoms with Crippen LogP contribution in [0.1, 0.15) is 31.9 Å². The van der Waals surface area contributed by atoms with Gasteiger partial charge in [-0.25, -0.2) is 0 Å². The molecule has 4 nitrogen and oxygen atoms in total. The predicted molar refractivity (Wildman–Crippen MR) is 93.4 cm³/mol. The molecule has 0 atom stereocenters. The molecule has 23 heavy (non-hydrogen) atoms. The monoisotopic (exact) mass is 328 g/mol. The Morgan fingerprint density at radius 1 is 1.00 bits per heavy atom. The van der Waals surface area contributed by atoms with Gasteiger partial charge in [-0.3, -0.25) is 0 Å². The molecular weight excluding hydrogens is 308 g/mol. The molecule has 0 unspecified atom stereocenters. The lowest BCUT2D eigenvalue weighted by Crippen LogP contribution is -2.26. The van der Waals surface area contributed by atoms with Crippen LogP contribution in [-0.4, -0.2) is 14.8 Å². The third-order valence-electron chi connectivity index (χ3n) is 3.95. The number of rotatable bonds is 2. The molecule has 0 radical (unpaired) electrons. The second kappa shape index (κ2) is 5.49. The molecule has 0 aromatic heterocycles. The molecule has 0 aliphatic carbocycles. The van der Waals surface area contributed by atoms with Crippen LogP contribution in [0.3, 0.4) is 0 Å². The van der Waals surface area contributed by atoms with Crippen LogP contribution in [0.2, 0.25) is 0 Å². The molecule has 0 amide bonds. The van der Waals surface area contributed by atoms with Crippen LogP contribution in [0.5, 0.6) is 0 Å². The van der Waals surface area contributed by atoms with Gasteiger partial charge in [0.05, 0.1) is 5.69 Å². The second-order valence-corrected chi connectivity index (χ2v) is 8.34. The molecular formula is C18H20N2O2S. The molecule has 1 heterocycles. The van der Waals surface area contributed by atoms with E-state index in [0.29, 0.717) is 12.2 Å². The highest BCUT2D eigenvalue weighted by molar-refractivity contribution is 7.90. The average molecular weight is 328 g/mol. The van der Waals surface area contributed by atoms with Crippen LogP contribution in [-0.2, 0) is 22.0 Å². The molecule has 0 saturated carbocycles. The summed E-state index contributed by atoms with van der Waals surface area (Å²) in [6, 6.07) is 15.4. The number of nitrogens with zero attached hydrogens (tertiary/aromatic N) is 2. The van der Waals surface area contributed by atoms with Crippen molar-refractivity contribution in [3.63, 3.8) is 0 Å². The zero-order valence-electron chi connectivity index (χ0n) is 13.5. The normalized spacial score (nSPS) is 16.2. The van der Waals surface area contributed by atoms with Gasteiger partial charge in [0, 0.05) is 6.54 Å². The largest absolute Gasteiger partial charge is 0.326 e. The summed E-state index contributed by atoms with van der Waals surface area (Å²) in [5.41, 5.74) is 3.17. The summed E-state index contributed by atoms with van der Waals surface area (Å²) in [6.07, 6.45) is 1.40. The Balaban J connectivity index is 1.90. The lowest BCUT2D eigenvalue weighted by molar-refractivity contribution is 0.589. The van der Waals surface area contributed by atoms with Gasteiger partial charge in [0.25, 0.3) is 10.0 Å². The fourth-order valence-electron chi connectivity index (χ4n) is 2.58. The van der Waals surface area contributed by atoms with E-state index >= 15 is 0 Å². The van der Waals surface area contributed by atoms with Gasteiger partial charge >= 0.3 is 0 Å². The number of para-hydroxylation sites is 1. The third kappa shape index (κ3) is 3.15. The van der Waals surface area contributed by atoms with Gasteiger partial charge < -0.3 is 4.90 Å². The topological polar surface area (TPSA) is 49.7 Å². The Morgan fingerprint density at radius 3 is 2.30 bits per heavy atom. The predicted octanol–water partition coefficient (Wildman–Crippen LogP) is 3.72. The number of fused-ring (bicyclic) bond motifs is 1. The maximum Gasteiger partial charge on any atom is 0.285 e. The zero-order valence-corrected chi connectivity index (χ0v) is 14.3. The second-order valence-electron chi connectivity index (χ2n) is 6.74. The Bertz CT molecular complexity index is 847. The lowest BCUT2D eigenvalue weighted by atomic mass is 9.87. The molecule has 1 aliphatic heterocycles. The smallest absolute Gasteiger partial charge is 0.285 e. The molecule has 0 fully saturated rings. The summed E-state index contributed by atoms with van der Waals surface area (Å²) in [7, 11) is -3.57. The van der Waals surface area contributed by atoms with Crippen molar-refractivity contribution in [2.24, 2.45) is 4.40 Å². The molecule has 5 heteroatoms. The standard InChI is InChI=1S/C18H20N2O2S/c1-18(2,3)15-10-8-14(9-11-15)12-20-13-19-23(21,22)17-7-5-4-6-16(17)20/h4-11,13H,12H2,1-3H3. The molecule has 2 aromatic rings. The Hall–Kier alpha value is -2.14. The first-order valence-electron chi connectivity index (χ1n) is 7.53. The lowest BCUT2D eigenvalue weighted by Gasteiger charge is -2.25. The Labute approximate surface area is 137 Å². The van der Waals surface area contributed by atoms with Gasteiger partial charge in [-0.1, -0.05) is 57.2 Å². The highest BCUT2D eigenvalue weighted by Crippen LogP contribution is 2.30. The molecule has 0 bridgehead atoms. The number of benzene rings is 2. The summed E-state index contributed by atoms with van der Waals surface area (Å²) in [5, 5.41) is 0. The maximum atomic E-state index is 12.0. The maximum absolute atomic E-state index is 12.0. The first-order valence-corrected chi connectivity index (χ1v) is 8.97. The fraction of sp³-hybridized carbons (Fsp3) is 0.278. The quantitative estimate of drug-likeness (QED) is 0.844. The zero-order chi connectivity index (χ0) is 16.7. The van der Waals surface area contributed by atoms with E-state index in [4.69, 9.17) is 0 Å². The molecule has 120 valence electrons. The molecule has 0 N–H and O–H groups in total. The summed E-state index contributed by atoms with van der Waals surface area (Å²) in [4.78, 5) is 2.12. The van der Waals surface area contributed by atoms with E-state index in [1.807, 2.05) is 17.0 Å². The van der Waals surface area contributed by atoms with Crippen LogP contribution < -0.4 is 4.90 Å². The van der Waals surface area contributed by atoms with Gasteiger partial charge in [-0.05, 0) is 28.7 Å². The SMILES string of the molecule is CC(C)(C)c1ccc(CN2C=NS(=O)(=O)c3ccccc32)cc1. The van der Waals surface area contributed by atoms with E-state index in [1.165, 1.54) is 11.9 Å². The van der Waals surface area contributed by atoms with Crippen molar-refractivity contribution < 1.29 is 8.42 Å². The number of sulfonamides is 1. The minimum Gasteiger partial charge on any atom is -0.326 e. The van der Waals surface area contributed by atoms with Gasteiger partial charge in [0.1, 0.15) is 11.2 Å². The van der Waals surface area contributed by atoms with Gasteiger partial charge in [-0.2, -0.15) is 8.42 Å². The third-order valence-corrected chi connectivity index (χ3v) is 5.22. The fourth-order valence-corrected chi connectivity index (χ4v) is 3.63. The molecule has 3 rings (SSSR count). The Kier molecular flexibility index (Phi) is 3.76. The average Bonchev–Trinajstić information content (AvgIpc) is 2.50. The van der Waals surface area contributed by atoms with Crippen molar-refractivity contribution in [3.8, 4) is 0 Å². The van der Waals surface area contributed by atoms with E-state index < -0.39 is 10.0 Å². The Morgan fingerprint density at radius 2 is 1.65 bits per heavy atom. The number of hydrogen-bond acceptors (Lipinski definition) is 3. The molecule has 0 saturated heterocycles. The van der Waals surface area contributed by atoms with Crippen molar-refractivity contribution >= 4 is 22.0 Å². The van der Waals surface area contributed by atoms with E-state index in [1.54, 1.807) is 12.1 Å². The molecule has 2 aromatic carbocycles. The first kappa shape index (κ1) is 15.7. The minimum atomic E-state index is -3.57. The van der Waals surface area contributed by atoms with Gasteiger partial charge in [0.15, 0.2) is 0 Å². The van der Waals surface area contributed by atoms with Crippen LogP contribution >= 0.6 is 0 Å². The minimum absolute atomic E-state index is 0.117. The van der Waals surface area contributed by atoms with Gasteiger partial charge in [-0.15, -0.1) is 4.40 Å². The van der Waals surface area contributed by atoms with Crippen molar-refractivity contribution in [1.82, 2.24) is 0 Å². The van der Waals surface area contributed by atoms with Crippen molar-refractivity contribution in [1.29, 1.82) is 0 Å². The summed E-state index contributed by atoms with van der Waals surface area (Å²) < 4.78 is 27.7. The summed E-state index contributed by atoms with van der Waals surface area (Å²) in [5.74, 6) is 0. The highest BCUT2D eigenvalue weighted by atomic mass is 32.2. The van der Waals surface area contributed by atoms with Crippen LogP contribution in [0, 0.1) is 0 Å². The summed E-state index contributed by atoms with van der Waals surface area (Å²) in [6.45, 7) is 7.13. The van der Waals surface area contributed by atoms with Gasteiger partial charge in [0.2, 0.25) is 0 Å². The van der Waals surface area contributed by atoms with Crippen molar-refractivity contribution in [2.45, 2.75) is 37.6 Å². The van der Waals surface area contributed by atoms with E-state index in [-0.39, 0.29) is 10.3 Å². The van der Waals surface area contributed by atoms with E-state index in [0.717, 1.165) is 5.56 Å². The van der Waals surface area contributed by atoms with E-state index in [9.17, 15) is 8.42 Å². The summed E-state index contributed by atoms with van der Waals surface area (Å²) >= 11 is 0.